The summed E-state index contributed by atoms with van der Waals surface area (Å²) in [4.78, 5) is 32.8. The Bertz CT molecular complexity index is 618. The van der Waals surface area contributed by atoms with Crippen molar-refractivity contribution in [3.8, 4) is 0 Å². The van der Waals surface area contributed by atoms with E-state index in [0.29, 0.717) is 5.69 Å². The van der Waals surface area contributed by atoms with Gasteiger partial charge in [-0.1, -0.05) is 0 Å². The molecule has 1 unspecified atom stereocenters. The number of hydrogen-bond donors (Lipinski definition) is 2. The molecule has 2 N–H and O–H groups in total. The zero-order valence-corrected chi connectivity index (χ0v) is 14.5. The number of likely N-dealkylation sites (N-methyl/N-ethyl adjacent to an activating group) is 1. The molecule has 0 aromatic carbocycles. The van der Waals surface area contributed by atoms with Crippen LogP contribution in [0.25, 0.3) is 0 Å². The largest absolute Gasteiger partial charge is 0.383 e. The van der Waals surface area contributed by atoms with Gasteiger partial charge in [-0.25, -0.2) is 4.98 Å². The number of nitrogens with zero attached hydrogens (tertiary/aromatic N) is 3. The van der Waals surface area contributed by atoms with Crippen LogP contribution < -0.4 is 5.32 Å². The predicted molar refractivity (Wildman–Crippen MR) is 89.6 cm³/mol. The first-order valence-electron chi connectivity index (χ1n) is 7.26. The number of carbonyl (C=O) groups excluding carboxylic acids is 2. The van der Waals surface area contributed by atoms with Crippen molar-refractivity contribution in [1.82, 2.24) is 25.1 Å². The molecule has 1 atom stereocenters. The number of carbonyl (C=O) groups is 2. The fourth-order valence-corrected chi connectivity index (χ4v) is 1.78. The monoisotopic (exact) mass is 319 g/mol. The molecule has 126 valence electrons. The minimum Gasteiger partial charge on any atom is -0.383 e. The van der Waals surface area contributed by atoms with E-state index in [2.05, 4.69) is 15.3 Å². The molecule has 0 aliphatic carbocycles. The molecule has 0 amide bonds. The zero-order chi connectivity index (χ0) is 17.6. The van der Waals surface area contributed by atoms with Crippen molar-refractivity contribution in [2.24, 2.45) is 0 Å². The Kier molecular flexibility index (Phi) is 6.12. The SMILES string of the molecule is CC(=O)c1c[nH]c(C)n1.CN(C)/C=C/C(=O)C1(C)NC=CN1C. The van der Waals surface area contributed by atoms with Crippen LogP contribution in [0.15, 0.2) is 30.9 Å². The van der Waals surface area contributed by atoms with Gasteiger partial charge in [-0.2, -0.15) is 0 Å². The third-order valence-electron chi connectivity index (χ3n) is 3.44. The number of hydrogen-bond acceptors (Lipinski definition) is 6. The second-order valence-electron chi connectivity index (χ2n) is 5.71. The molecule has 1 aliphatic heterocycles. The van der Waals surface area contributed by atoms with E-state index in [-0.39, 0.29) is 11.6 Å². The lowest BCUT2D eigenvalue weighted by Gasteiger charge is -2.30. The molecule has 7 nitrogen and oxygen atoms in total. The molecular formula is C16H25N5O2. The molecule has 0 radical (unpaired) electrons. The first kappa shape index (κ1) is 18.5. The van der Waals surface area contributed by atoms with Gasteiger partial charge in [-0.15, -0.1) is 0 Å². The van der Waals surface area contributed by atoms with Gasteiger partial charge in [0, 0.05) is 58.9 Å². The summed E-state index contributed by atoms with van der Waals surface area (Å²) in [7, 11) is 5.64. The van der Waals surface area contributed by atoms with E-state index in [1.807, 2.05) is 51.0 Å². The second kappa shape index (κ2) is 7.62. The molecule has 1 aromatic heterocycles. The van der Waals surface area contributed by atoms with Crippen molar-refractivity contribution >= 4 is 11.6 Å². The predicted octanol–water partition coefficient (Wildman–Crippen LogP) is 1.27. The van der Waals surface area contributed by atoms with Gasteiger partial charge in [-0.3, -0.25) is 9.59 Å². The molecule has 0 bridgehead atoms. The van der Waals surface area contributed by atoms with Crippen LogP contribution in [0.4, 0.5) is 0 Å². The molecule has 23 heavy (non-hydrogen) atoms. The fraction of sp³-hybridized carbons (Fsp3) is 0.438. The summed E-state index contributed by atoms with van der Waals surface area (Å²) in [5, 5.41) is 3.03. The van der Waals surface area contributed by atoms with Gasteiger partial charge in [-0.05, 0) is 13.8 Å². The molecular weight excluding hydrogens is 294 g/mol. The lowest BCUT2D eigenvalue weighted by atomic mass is 10.1. The number of imidazole rings is 1. The average Bonchev–Trinajstić information content (AvgIpc) is 3.05. The quantitative estimate of drug-likeness (QED) is 0.642. The van der Waals surface area contributed by atoms with Crippen LogP contribution in [-0.2, 0) is 4.79 Å². The highest BCUT2D eigenvalue weighted by molar-refractivity contribution is 5.97. The molecule has 0 saturated heterocycles. The molecule has 0 spiro atoms. The molecule has 0 fully saturated rings. The van der Waals surface area contributed by atoms with Crippen molar-refractivity contribution in [2.75, 3.05) is 21.1 Å². The van der Waals surface area contributed by atoms with Gasteiger partial charge in [0.05, 0.1) is 0 Å². The standard InChI is InChI=1S/C10H17N3O.C6H8N2O/c1-10(11-6-8-13(10)4)9(14)5-7-12(2)3;1-4(9)6-3-7-5(2)8-6/h5-8,11H,1-4H3;3H,1-2H3,(H,7,8)/b7-5+;. The topological polar surface area (TPSA) is 81.3 Å². The Balaban J connectivity index is 0.000000253. The van der Waals surface area contributed by atoms with E-state index in [1.54, 1.807) is 24.7 Å². The van der Waals surface area contributed by atoms with Crippen molar-refractivity contribution in [3.63, 3.8) is 0 Å². The van der Waals surface area contributed by atoms with E-state index in [0.717, 1.165) is 5.82 Å². The van der Waals surface area contributed by atoms with Crippen molar-refractivity contribution < 1.29 is 9.59 Å². The van der Waals surface area contributed by atoms with Crippen molar-refractivity contribution in [1.29, 1.82) is 0 Å². The smallest absolute Gasteiger partial charge is 0.202 e. The summed E-state index contributed by atoms with van der Waals surface area (Å²) >= 11 is 0. The number of aromatic nitrogens is 2. The highest BCUT2D eigenvalue weighted by Crippen LogP contribution is 2.16. The molecule has 2 rings (SSSR count). The highest BCUT2D eigenvalue weighted by Gasteiger charge is 2.36. The molecule has 1 aliphatic rings. The zero-order valence-electron chi connectivity index (χ0n) is 14.5. The van der Waals surface area contributed by atoms with Crippen molar-refractivity contribution in [2.45, 2.75) is 26.4 Å². The summed E-state index contributed by atoms with van der Waals surface area (Å²) in [5.41, 5.74) is -0.125. The van der Waals surface area contributed by atoms with E-state index in [4.69, 9.17) is 0 Å². The number of rotatable bonds is 4. The second-order valence-corrected chi connectivity index (χ2v) is 5.71. The summed E-state index contributed by atoms with van der Waals surface area (Å²) in [6, 6.07) is 0. The van der Waals surface area contributed by atoms with E-state index >= 15 is 0 Å². The maximum absolute atomic E-state index is 11.8. The number of ketones is 2. The number of aryl methyl sites for hydroxylation is 1. The minimum absolute atomic E-state index is 0.000602. The maximum Gasteiger partial charge on any atom is 0.202 e. The minimum atomic E-state index is -0.632. The summed E-state index contributed by atoms with van der Waals surface area (Å²) in [6.45, 7) is 5.16. The summed E-state index contributed by atoms with van der Waals surface area (Å²) in [6.07, 6.45) is 8.57. The van der Waals surface area contributed by atoms with E-state index in [1.165, 1.54) is 6.92 Å². The number of H-pyrrole nitrogens is 1. The van der Waals surface area contributed by atoms with Gasteiger partial charge >= 0.3 is 0 Å². The van der Waals surface area contributed by atoms with Crippen molar-refractivity contribution in [3.05, 3.63) is 42.4 Å². The Morgan fingerprint density at radius 3 is 2.39 bits per heavy atom. The van der Waals surface area contributed by atoms with E-state index in [9.17, 15) is 9.59 Å². The number of Topliss-reactive ketones (excluding diaryl/α,β-unsaturated/α-hetero) is 1. The Morgan fingerprint density at radius 2 is 2.04 bits per heavy atom. The first-order chi connectivity index (χ1) is 10.7. The average molecular weight is 319 g/mol. The molecule has 0 saturated carbocycles. The van der Waals surface area contributed by atoms with Crippen LogP contribution in [0.2, 0.25) is 0 Å². The van der Waals surface area contributed by atoms with Gasteiger partial charge < -0.3 is 20.1 Å². The number of aromatic amines is 1. The third kappa shape index (κ3) is 4.98. The lowest BCUT2D eigenvalue weighted by molar-refractivity contribution is -0.123. The van der Waals surface area contributed by atoms with Crippen LogP contribution in [0.1, 0.15) is 30.2 Å². The Morgan fingerprint density at radius 1 is 1.39 bits per heavy atom. The molecule has 7 heteroatoms. The van der Waals surface area contributed by atoms with Gasteiger partial charge in [0.2, 0.25) is 5.78 Å². The first-order valence-corrected chi connectivity index (χ1v) is 7.26. The normalized spacial score (nSPS) is 19.3. The number of nitrogens with one attached hydrogen (secondary N) is 2. The molecule has 1 aromatic rings. The summed E-state index contributed by atoms with van der Waals surface area (Å²) in [5.74, 6) is 0.818. The Labute approximate surface area is 137 Å². The van der Waals surface area contributed by atoms with Crippen LogP contribution in [0, 0.1) is 6.92 Å². The Hall–Kier alpha value is -2.57. The van der Waals surface area contributed by atoms with Crippen LogP contribution in [-0.4, -0.2) is 58.1 Å². The maximum atomic E-state index is 11.8. The molecule has 2 heterocycles. The van der Waals surface area contributed by atoms with Crippen LogP contribution in [0.5, 0.6) is 0 Å². The van der Waals surface area contributed by atoms with Gasteiger partial charge in [0.1, 0.15) is 11.5 Å². The van der Waals surface area contributed by atoms with Gasteiger partial charge in [0.25, 0.3) is 0 Å². The fourth-order valence-electron chi connectivity index (χ4n) is 1.78. The summed E-state index contributed by atoms with van der Waals surface area (Å²) < 4.78 is 0. The highest BCUT2D eigenvalue weighted by atomic mass is 16.1. The van der Waals surface area contributed by atoms with E-state index < -0.39 is 5.66 Å². The lowest BCUT2D eigenvalue weighted by Crippen LogP contribution is -2.53. The van der Waals surface area contributed by atoms with Crippen LogP contribution in [0.3, 0.4) is 0 Å². The third-order valence-corrected chi connectivity index (χ3v) is 3.44. The van der Waals surface area contributed by atoms with Crippen LogP contribution >= 0.6 is 0 Å². The van der Waals surface area contributed by atoms with Gasteiger partial charge in [0.15, 0.2) is 11.4 Å².